The summed E-state index contributed by atoms with van der Waals surface area (Å²) >= 11 is 0. The fourth-order valence-electron chi connectivity index (χ4n) is 2.95. The van der Waals surface area contributed by atoms with E-state index in [1.807, 2.05) is 23.4 Å². The van der Waals surface area contributed by atoms with Crippen molar-refractivity contribution in [3.63, 3.8) is 0 Å². The van der Waals surface area contributed by atoms with Crippen LogP contribution in [0.4, 0.5) is 14.5 Å². The normalized spacial score (nSPS) is 17.0. The first-order valence-corrected chi connectivity index (χ1v) is 8.64. The lowest BCUT2D eigenvalue weighted by Crippen LogP contribution is -2.44. The third kappa shape index (κ3) is 5.50. The number of benzene rings is 1. The van der Waals surface area contributed by atoms with Crippen LogP contribution in [0.5, 0.6) is 0 Å². The van der Waals surface area contributed by atoms with Crippen LogP contribution in [0.25, 0.3) is 0 Å². The minimum atomic E-state index is -0.564. The van der Waals surface area contributed by atoms with Crippen LogP contribution in [-0.4, -0.2) is 46.4 Å². The van der Waals surface area contributed by atoms with Gasteiger partial charge in [0, 0.05) is 38.8 Å². The Morgan fingerprint density at radius 3 is 2.85 bits per heavy atom. The molecule has 0 amide bonds. The fraction of sp³-hybridized carbons (Fsp3) is 0.471. The van der Waals surface area contributed by atoms with Gasteiger partial charge in [-0.2, -0.15) is 0 Å². The van der Waals surface area contributed by atoms with Gasteiger partial charge in [0.1, 0.15) is 24.5 Å². The van der Waals surface area contributed by atoms with E-state index < -0.39 is 11.6 Å². The van der Waals surface area contributed by atoms with Crippen molar-refractivity contribution >= 4 is 35.6 Å². The molecule has 2 aromatic rings. The summed E-state index contributed by atoms with van der Waals surface area (Å²) in [4.78, 5) is 6.45. The molecule has 2 heterocycles. The molecule has 1 aliphatic rings. The van der Waals surface area contributed by atoms with E-state index in [0.717, 1.165) is 24.9 Å². The maximum atomic E-state index is 14.0. The SMILES string of the molecule is CCNC(=NCc1nncn1C)NC1CCN(c2ccc(F)cc2F)C1.I. The number of guanidine groups is 1. The Kier molecular flexibility index (Phi) is 7.75. The highest BCUT2D eigenvalue weighted by Crippen LogP contribution is 2.24. The Hall–Kier alpha value is -1.98. The van der Waals surface area contributed by atoms with Crippen molar-refractivity contribution in [2.75, 3.05) is 24.5 Å². The Morgan fingerprint density at radius 1 is 1.37 bits per heavy atom. The lowest BCUT2D eigenvalue weighted by Gasteiger charge is -2.21. The number of hydrogen-bond donors (Lipinski definition) is 2. The highest BCUT2D eigenvalue weighted by molar-refractivity contribution is 14.0. The number of rotatable bonds is 5. The van der Waals surface area contributed by atoms with Crippen molar-refractivity contribution in [3.8, 4) is 0 Å². The van der Waals surface area contributed by atoms with E-state index in [9.17, 15) is 8.78 Å². The molecular weight excluding hydrogens is 467 g/mol. The molecular formula is C17H24F2IN7. The zero-order valence-corrected chi connectivity index (χ0v) is 17.7. The van der Waals surface area contributed by atoms with Crippen molar-refractivity contribution in [1.82, 2.24) is 25.4 Å². The van der Waals surface area contributed by atoms with Crippen LogP contribution in [0.15, 0.2) is 29.5 Å². The largest absolute Gasteiger partial charge is 0.367 e. The van der Waals surface area contributed by atoms with E-state index in [1.54, 1.807) is 6.33 Å². The number of aliphatic imine (C=N–C) groups is 1. The molecule has 10 heteroatoms. The second kappa shape index (κ2) is 9.81. The second-order valence-corrected chi connectivity index (χ2v) is 6.22. The summed E-state index contributed by atoms with van der Waals surface area (Å²) < 4.78 is 28.9. The van der Waals surface area contributed by atoms with E-state index in [-0.39, 0.29) is 30.0 Å². The molecule has 0 bridgehead atoms. The molecule has 1 unspecified atom stereocenters. The van der Waals surface area contributed by atoms with Crippen LogP contribution < -0.4 is 15.5 Å². The molecule has 3 rings (SSSR count). The predicted molar refractivity (Wildman–Crippen MR) is 111 cm³/mol. The van der Waals surface area contributed by atoms with Crippen molar-refractivity contribution < 1.29 is 8.78 Å². The van der Waals surface area contributed by atoms with Gasteiger partial charge in [-0.15, -0.1) is 34.2 Å². The first kappa shape index (κ1) is 21.3. The molecule has 0 saturated carbocycles. The van der Waals surface area contributed by atoms with Gasteiger partial charge in [-0.1, -0.05) is 0 Å². The number of aromatic nitrogens is 3. The topological polar surface area (TPSA) is 70.4 Å². The van der Waals surface area contributed by atoms with Gasteiger partial charge >= 0.3 is 0 Å². The van der Waals surface area contributed by atoms with Crippen molar-refractivity contribution in [2.24, 2.45) is 12.0 Å². The summed E-state index contributed by atoms with van der Waals surface area (Å²) in [5.41, 5.74) is 0.428. The third-order valence-electron chi connectivity index (χ3n) is 4.31. The average Bonchev–Trinajstić information content (AvgIpc) is 3.22. The first-order valence-electron chi connectivity index (χ1n) is 8.64. The van der Waals surface area contributed by atoms with E-state index in [2.05, 4.69) is 25.8 Å². The summed E-state index contributed by atoms with van der Waals surface area (Å²) in [5.74, 6) is 0.351. The smallest absolute Gasteiger partial charge is 0.191 e. The summed E-state index contributed by atoms with van der Waals surface area (Å²) in [7, 11) is 1.87. The third-order valence-corrected chi connectivity index (χ3v) is 4.31. The standard InChI is InChI=1S/C17H23F2N7.HI/c1-3-20-17(21-9-16-24-22-11-25(16)2)23-13-6-7-26(10-13)15-5-4-12(18)8-14(15)19;/h4-5,8,11,13H,3,6-7,9-10H2,1-2H3,(H2,20,21,23);1H. The Balaban J connectivity index is 0.00000261. The zero-order chi connectivity index (χ0) is 18.5. The highest BCUT2D eigenvalue weighted by Gasteiger charge is 2.25. The molecule has 2 N–H and O–H groups in total. The molecule has 1 atom stereocenters. The van der Waals surface area contributed by atoms with Gasteiger partial charge in [-0.3, -0.25) is 0 Å². The molecule has 1 aliphatic heterocycles. The number of nitrogens with one attached hydrogen (secondary N) is 2. The zero-order valence-electron chi connectivity index (χ0n) is 15.3. The van der Waals surface area contributed by atoms with Gasteiger partial charge in [-0.25, -0.2) is 13.8 Å². The van der Waals surface area contributed by atoms with Gasteiger partial charge in [0.05, 0.1) is 5.69 Å². The Morgan fingerprint density at radius 2 is 2.19 bits per heavy atom. The summed E-state index contributed by atoms with van der Waals surface area (Å²) in [6.07, 6.45) is 2.47. The molecule has 0 aliphatic carbocycles. The molecule has 1 saturated heterocycles. The number of anilines is 1. The van der Waals surface area contributed by atoms with E-state index >= 15 is 0 Å². The quantitative estimate of drug-likeness (QED) is 0.381. The molecule has 1 fully saturated rings. The fourth-order valence-corrected chi connectivity index (χ4v) is 2.95. The van der Waals surface area contributed by atoms with Crippen LogP contribution in [0.2, 0.25) is 0 Å². The van der Waals surface area contributed by atoms with Crippen LogP contribution in [-0.2, 0) is 13.6 Å². The summed E-state index contributed by atoms with van der Waals surface area (Å²) in [6, 6.07) is 3.81. The molecule has 1 aromatic carbocycles. The van der Waals surface area contributed by atoms with Crippen LogP contribution >= 0.6 is 24.0 Å². The van der Waals surface area contributed by atoms with Crippen molar-refractivity contribution in [2.45, 2.75) is 25.9 Å². The predicted octanol–water partition coefficient (Wildman–Crippen LogP) is 2.05. The van der Waals surface area contributed by atoms with Gasteiger partial charge in [0.25, 0.3) is 0 Å². The Bertz CT molecular complexity index is 780. The number of halogens is 3. The number of hydrogen-bond acceptors (Lipinski definition) is 4. The molecule has 148 valence electrons. The number of nitrogens with zero attached hydrogens (tertiary/aromatic N) is 5. The Labute approximate surface area is 174 Å². The molecule has 0 radical (unpaired) electrons. The lowest BCUT2D eigenvalue weighted by atomic mass is 10.2. The maximum absolute atomic E-state index is 14.0. The van der Waals surface area contributed by atoms with Crippen LogP contribution in [0.1, 0.15) is 19.2 Å². The van der Waals surface area contributed by atoms with Crippen molar-refractivity contribution in [1.29, 1.82) is 0 Å². The highest BCUT2D eigenvalue weighted by atomic mass is 127. The average molecular weight is 491 g/mol. The van der Waals surface area contributed by atoms with E-state index in [1.165, 1.54) is 12.1 Å². The first-order chi connectivity index (χ1) is 12.6. The monoisotopic (exact) mass is 491 g/mol. The van der Waals surface area contributed by atoms with Gasteiger partial charge in [-0.05, 0) is 25.5 Å². The molecule has 7 nitrogen and oxygen atoms in total. The molecule has 27 heavy (non-hydrogen) atoms. The lowest BCUT2D eigenvalue weighted by molar-refractivity contribution is 0.580. The van der Waals surface area contributed by atoms with Gasteiger partial charge < -0.3 is 20.1 Å². The minimum Gasteiger partial charge on any atom is -0.367 e. The van der Waals surface area contributed by atoms with Crippen molar-refractivity contribution in [3.05, 3.63) is 42.0 Å². The molecule has 0 spiro atoms. The van der Waals surface area contributed by atoms with E-state index in [0.29, 0.717) is 31.3 Å². The summed E-state index contributed by atoms with van der Waals surface area (Å²) in [5, 5.41) is 14.4. The minimum absolute atomic E-state index is 0. The van der Waals surface area contributed by atoms with Gasteiger partial charge in [0.15, 0.2) is 11.8 Å². The maximum Gasteiger partial charge on any atom is 0.191 e. The molecule has 1 aromatic heterocycles. The summed E-state index contributed by atoms with van der Waals surface area (Å²) in [6.45, 7) is 4.46. The van der Waals surface area contributed by atoms with E-state index in [4.69, 9.17) is 0 Å². The van der Waals surface area contributed by atoms with Crippen LogP contribution in [0, 0.1) is 11.6 Å². The van der Waals surface area contributed by atoms with Crippen LogP contribution in [0.3, 0.4) is 0 Å². The van der Waals surface area contributed by atoms with Gasteiger partial charge in [0.2, 0.25) is 0 Å². The second-order valence-electron chi connectivity index (χ2n) is 6.22. The number of aryl methyl sites for hydroxylation is 1.